The zero-order chi connectivity index (χ0) is 15.0. The van der Waals surface area contributed by atoms with Gasteiger partial charge in [0.2, 0.25) is 0 Å². The Bertz CT molecular complexity index is 508. The summed E-state index contributed by atoms with van der Waals surface area (Å²) in [5, 5.41) is 0. The van der Waals surface area contributed by atoms with Crippen molar-refractivity contribution in [3.63, 3.8) is 0 Å². The Morgan fingerprint density at radius 1 is 1.05 bits per heavy atom. The molecule has 0 aliphatic heterocycles. The fourth-order valence-electron chi connectivity index (χ4n) is 3.24. The molecule has 0 saturated heterocycles. The molecule has 20 heavy (non-hydrogen) atoms. The second-order valence-corrected chi connectivity index (χ2v) is 7.55. The van der Waals surface area contributed by atoms with Crippen molar-refractivity contribution in [2.24, 2.45) is 0 Å². The monoisotopic (exact) mass is 272 g/mol. The Balaban J connectivity index is 2.41. The standard InChI is InChI=1S/C19H28O/c1-6-7-8-17(20)14-9-10-15-16(13-14)19(4,5)12-11-18(15,2)3/h9-10,13H,6-8,11-12H2,1-5H3. The van der Waals surface area contributed by atoms with Gasteiger partial charge in [-0.05, 0) is 47.3 Å². The van der Waals surface area contributed by atoms with Gasteiger partial charge in [-0.1, -0.05) is 53.2 Å². The summed E-state index contributed by atoms with van der Waals surface area (Å²) in [7, 11) is 0. The van der Waals surface area contributed by atoms with E-state index in [-0.39, 0.29) is 10.8 Å². The van der Waals surface area contributed by atoms with Crippen LogP contribution in [-0.4, -0.2) is 5.78 Å². The SMILES string of the molecule is CCCCC(=O)c1ccc2c(c1)C(C)(C)CCC2(C)C. The van der Waals surface area contributed by atoms with E-state index in [1.807, 2.05) is 6.07 Å². The lowest BCUT2D eigenvalue weighted by atomic mass is 9.63. The van der Waals surface area contributed by atoms with Gasteiger partial charge in [0, 0.05) is 12.0 Å². The average Bonchev–Trinajstić information content (AvgIpc) is 2.41. The molecule has 0 unspecified atom stereocenters. The molecule has 0 aromatic heterocycles. The van der Waals surface area contributed by atoms with Crippen LogP contribution < -0.4 is 0 Å². The molecule has 1 aromatic carbocycles. The van der Waals surface area contributed by atoms with Crippen molar-refractivity contribution in [1.29, 1.82) is 0 Å². The average molecular weight is 272 g/mol. The van der Waals surface area contributed by atoms with Crippen LogP contribution in [0.1, 0.15) is 88.2 Å². The Labute approximate surface area is 123 Å². The van der Waals surface area contributed by atoms with Crippen LogP contribution in [0.5, 0.6) is 0 Å². The third kappa shape index (κ3) is 2.82. The molecule has 0 amide bonds. The minimum absolute atomic E-state index is 0.186. The summed E-state index contributed by atoms with van der Waals surface area (Å²) < 4.78 is 0. The van der Waals surface area contributed by atoms with E-state index in [1.54, 1.807) is 0 Å². The normalized spacial score (nSPS) is 19.4. The molecule has 0 radical (unpaired) electrons. The Kier molecular flexibility index (Phi) is 4.09. The van der Waals surface area contributed by atoms with Gasteiger partial charge in [-0.3, -0.25) is 4.79 Å². The van der Waals surface area contributed by atoms with E-state index in [0.717, 1.165) is 18.4 Å². The molecule has 1 aliphatic rings. The summed E-state index contributed by atoms with van der Waals surface area (Å²) >= 11 is 0. The van der Waals surface area contributed by atoms with Gasteiger partial charge in [-0.25, -0.2) is 0 Å². The number of ketones is 1. The van der Waals surface area contributed by atoms with Crippen molar-refractivity contribution in [1.82, 2.24) is 0 Å². The van der Waals surface area contributed by atoms with Gasteiger partial charge in [-0.2, -0.15) is 0 Å². The summed E-state index contributed by atoms with van der Waals surface area (Å²) in [6.45, 7) is 11.4. The molecular formula is C19H28O. The van der Waals surface area contributed by atoms with Gasteiger partial charge in [0.05, 0.1) is 0 Å². The maximum Gasteiger partial charge on any atom is 0.162 e. The summed E-state index contributed by atoms with van der Waals surface area (Å²) in [6, 6.07) is 6.42. The number of Topliss-reactive ketones (excluding diaryl/α,β-unsaturated/α-hetero) is 1. The lowest BCUT2D eigenvalue weighted by Crippen LogP contribution is -2.34. The lowest BCUT2D eigenvalue weighted by molar-refractivity contribution is 0.0979. The highest BCUT2D eigenvalue weighted by molar-refractivity contribution is 5.96. The number of carbonyl (C=O) groups excluding carboxylic acids is 1. The topological polar surface area (TPSA) is 17.1 Å². The van der Waals surface area contributed by atoms with E-state index in [2.05, 4.69) is 46.8 Å². The minimum atomic E-state index is 0.186. The molecule has 1 nitrogen and oxygen atoms in total. The molecule has 0 saturated carbocycles. The number of carbonyl (C=O) groups is 1. The van der Waals surface area contributed by atoms with Crippen LogP contribution in [0.15, 0.2) is 18.2 Å². The van der Waals surface area contributed by atoms with Crippen molar-refractivity contribution in [3.05, 3.63) is 34.9 Å². The first-order valence-corrected chi connectivity index (χ1v) is 7.96. The maximum absolute atomic E-state index is 12.3. The third-order valence-electron chi connectivity index (χ3n) is 4.93. The molecule has 0 spiro atoms. The molecule has 1 aliphatic carbocycles. The van der Waals surface area contributed by atoms with Gasteiger partial charge in [0.15, 0.2) is 5.78 Å². The molecule has 0 bridgehead atoms. The Morgan fingerprint density at radius 3 is 2.25 bits per heavy atom. The van der Waals surface area contributed by atoms with E-state index in [0.29, 0.717) is 12.2 Å². The summed E-state index contributed by atoms with van der Waals surface area (Å²) in [5.74, 6) is 0.300. The number of rotatable bonds is 4. The summed E-state index contributed by atoms with van der Waals surface area (Å²) in [4.78, 5) is 12.3. The van der Waals surface area contributed by atoms with Crippen LogP contribution in [-0.2, 0) is 10.8 Å². The number of fused-ring (bicyclic) bond motifs is 1. The number of hydrogen-bond donors (Lipinski definition) is 0. The van der Waals surface area contributed by atoms with Crippen LogP contribution in [0.3, 0.4) is 0 Å². The van der Waals surface area contributed by atoms with Crippen molar-refractivity contribution in [3.8, 4) is 0 Å². The lowest BCUT2D eigenvalue weighted by Gasteiger charge is -2.42. The van der Waals surface area contributed by atoms with Gasteiger partial charge in [0.25, 0.3) is 0 Å². The summed E-state index contributed by atoms with van der Waals surface area (Å²) in [5.41, 5.74) is 4.14. The first-order valence-electron chi connectivity index (χ1n) is 7.96. The molecular weight excluding hydrogens is 244 g/mol. The predicted octanol–water partition coefficient (Wildman–Crippen LogP) is 5.41. The Morgan fingerprint density at radius 2 is 1.65 bits per heavy atom. The molecule has 0 atom stereocenters. The van der Waals surface area contributed by atoms with Gasteiger partial charge < -0.3 is 0 Å². The molecule has 110 valence electrons. The molecule has 1 aromatic rings. The summed E-state index contributed by atoms with van der Waals surface area (Å²) in [6.07, 6.45) is 5.16. The van der Waals surface area contributed by atoms with Crippen molar-refractivity contribution in [2.75, 3.05) is 0 Å². The molecule has 0 heterocycles. The molecule has 0 fully saturated rings. The van der Waals surface area contributed by atoms with Crippen LogP contribution in [0.4, 0.5) is 0 Å². The van der Waals surface area contributed by atoms with Crippen molar-refractivity contribution in [2.45, 2.75) is 77.6 Å². The minimum Gasteiger partial charge on any atom is -0.294 e. The molecule has 0 N–H and O–H groups in total. The van der Waals surface area contributed by atoms with Crippen molar-refractivity contribution >= 4 is 5.78 Å². The van der Waals surface area contributed by atoms with E-state index < -0.39 is 0 Å². The smallest absolute Gasteiger partial charge is 0.162 e. The highest BCUT2D eigenvalue weighted by Crippen LogP contribution is 2.45. The number of hydrogen-bond acceptors (Lipinski definition) is 1. The second-order valence-electron chi connectivity index (χ2n) is 7.55. The third-order valence-corrected chi connectivity index (χ3v) is 4.93. The first-order chi connectivity index (χ1) is 9.28. The van der Waals surface area contributed by atoms with Crippen LogP contribution in [0.25, 0.3) is 0 Å². The van der Waals surface area contributed by atoms with Gasteiger partial charge >= 0.3 is 0 Å². The van der Waals surface area contributed by atoms with Crippen LogP contribution in [0.2, 0.25) is 0 Å². The predicted molar refractivity (Wildman–Crippen MR) is 85.6 cm³/mol. The van der Waals surface area contributed by atoms with Crippen LogP contribution in [0, 0.1) is 0 Å². The highest BCUT2D eigenvalue weighted by Gasteiger charge is 2.37. The molecule has 1 heteroatoms. The van der Waals surface area contributed by atoms with E-state index in [4.69, 9.17) is 0 Å². The zero-order valence-corrected chi connectivity index (χ0v) is 13.7. The van der Waals surface area contributed by atoms with Gasteiger partial charge in [-0.15, -0.1) is 0 Å². The number of unbranched alkanes of at least 4 members (excludes halogenated alkanes) is 1. The van der Waals surface area contributed by atoms with E-state index >= 15 is 0 Å². The maximum atomic E-state index is 12.3. The van der Waals surface area contributed by atoms with E-state index in [9.17, 15) is 4.79 Å². The largest absolute Gasteiger partial charge is 0.294 e. The number of benzene rings is 1. The Hall–Kier alpha value is -1.11. The fraction of sp³-hybridized carbons (Fsp3) is 0.632. The van der Waals surface area contributed by atoms with Gasteiger partial charge in [0.1, 0.15) is 0 Å². The highest BCUT2D eigenvalue weighted by atomic mass is 16.1. The first kappa shape index (κ1) is 15.3. The van der Waals surface area contributed by atoms with E-state index in [1.165, 1.54) is 24.0 Å². The molecule has 2 rings (SSSR count). The second kappa shape index (κ2) is 5.35. The van der Waals surface area contributed by atoms with Crippen molar-refractivity contribution < 1.29 is 4.79 Å². The quantitative estimate of drug-likeness (QED) is 0.670. The fourth-order valence-corrected chi connectivity index (χ4v) is 3.24. The van der Waals surface area contributed by atoms with Crippen LogP contribution >= 0.6 is 0 Å². The zero-order valence-electron chi connectivity index (χ0n) is 13.7.